The van der Waals surface area contributed by atoms with E-state index in [-0.39, 0.29) is 23.9 Å². The summed E-state index contributed by atoms with van der Waals surface area (Å²) in [6.45, 7) is 8.58. The highest BCUT2D eigenvalue weighted by molar-refractivity contribution is 5.78. The molecule has 0 radical (unpaired) electrons. The number of amides is 2. The molecule has 4 N–H and O–H groups in total. The van der Waals surface area contributed by atoms with Crippen molar-refractivity contribution in [2.24, 2.45) is 5.84 Å². The third kappa shape index (κ3) is 7.70. The van der Waals surface area contributed by atoms with Crippen molar-refractivity contribution in [3.63, 3.8) is 0 Å². The number of hydrazine groups is 1. The van der Waals surface area contributed by atoms with E-state index < -0.39 is 0 Å². The lowest BCUT2D eigenvalue weighted by atomic mass is 10.1. The Labute approximate surface area is 103 Å². The van der Waals surface area contributed by atoms with Crippen LogP contribution < -0.4 is 16.5 Å². The van der Waals surface area contributed by atoms with Crippen molar-refractivity contribution >= 4 is 11.8 Å². The Morgan fingerprint density at radius 3 is 2.00 bits per heavy atom. The molecule has 100 valence electrons. The summed E-state index contributed by atoms with van der Waals surface area (Å²) < 4.78 is 0. The van der Waals surface area contributed by atoms with Crippen LogP contribution in [0.1, 0.15) is 34.1 Å². The lowest BCUT2D eigenvalue weighted by Gasteiger charge is -2.30. The average Bonchev–Trinajstić information content (AvgIpc) is 2.22. The second kappa shape index (κ2) is 7.24. The number of nitrogens with zero attached hydrogens (tertiary/aromatic N) is 1. The fourth-order valence-electron chi connectivity index (χ4n) is 0.977. The molecule has 0 aliphatic rings. The molecule has 0 aromatic rings. The molecule has 0 fully saturated rings. The molecule has 0 aromatic heterocycles. The van der Waals surface area contributed by atoms with Crippen molar-refractivity contribution in [1.82, 2.24) is 15.6 Å². The summed E-state index contributed by atoms with van der Waals surface area (Å²) in [5.41, 5.74) is -0.242. The van der Waals surface area contributed by atoms with Crippen molar-refractivity contribution in [2.75, 3.05) is 19.6 Å². The van der Waals surface area contributed by atoms with Crippen LogP contribution in [0.25, 0.3) is 0 Å². The van der Waals surface area contributed by atoms with Gasteiger partial charge in [0.05, 0.1) is 6.54 Å². The first kappa shape index (κ1) is 15.9. The van der Waals surface area contributed by atoms with Crippen molar-refractivity contribution in [2.45, 2.75) is 39.7 Å². The van der Waals surface area contributed by atoms with Crippen LogP contribution in [0, 0.1) is 0 Å². The van der Waals surface area contributed by atoms with E-state index in [1.54, 1.807) is 6.92 Å². The molecule has 6 heteroatoms. The Morgan fingerprint density at radius 1 is 1.12 bits per heavy atom. The van der Waals surface area contributed by atoms with Crippen LogP contribution in [0.5, 0.6) is 0 Å². The Balaban J connectivity index is 3.71. The average molecular weight is 244 g/mol. The van der Waals surface area contributed by atoms with Gasteiger partial charge >= 0.3 is 0 Å². The molecule has 0 aliphatic carbocycles. The summed E-state index contributed by atoms with van der Waals surface area (Å²) >= 11 is 0. The molecule has 0 saturated heterocycles. The fraction of sp³-hybridized carbons (Fsp3) is 0.818. The van der Waals surface area contributed by atoms with Gasteiger partial charge in [-0.2, -0.15) is 0 Å². The highest BCUT2D eigenvalue weighted by Crippen LogP contribution is 2.06. The number of carbonyl (C=O) groups is 2. The van der Waals surface area contributed by atoms with Crippen LogP contribution in [-0.2, 0) is 9.59 Å². The topological polar surface area (TPSA) is 87.5 Å². The first-order chi connectivity index (χ1) is 7.77. The van der Waals surface area contributed by atoms with Gasteiger partial charge in [0.25, 0.3) is 0 Å². The van der Waals surface area contributed by atoms with E-state index in [4.69, 9.17) is 5.84 Å². The Kier molecular flexibility index (Phi) is 6.75. The summed E-state index contributed by atoms with van der Waals surface area (Å²) in [6, 6.07) is 0. The molecular weight excluding hydrogens is 220 g/mol. The second-order valence-corrected chi connectivity index (χ2v) is 4.85. The number of nitrogens with two attached hydrogens (primary N) is 1. The molecule has 0 atom stereocenters. The van der Waals surface area contributed by atoms with E-state index in [1.165, 1.54) is 5.01 Å². The number of hydrogen-bond donors (Lipinski definition) is 3. The first-order valence-electron chi connectivity index (χ1n) is 5.83. The molecule has 0 saturated carbocycles. The fourth-order valence-corrected chi connectivity index (χ4v) is 0.977. The predicted molar refractivity (Wildman–Crippen MR) is 67.0 cm³/mol. The number of nitrogens with one attached hydrogen (secondary N) is 2. The number of hydrogen-bond acceptors (Lipinski definition) is 4. The third-order valence-electron chi connectivity index (χ3n) is 2.27. The quantitative estimate of drug-likeness (QED) is 0.337. The van der Waals surface area contributed by atoms with Gasteiger partial charge in [-0.3, -0.25) is 15.4 Å². The monoisotopic (exact) mass is 244 g/mol. The van der Waals surface area contributed by atoms with Crippen molar-refractivity contribution in [3.05, 3.63) is 0 Å². The summed E-state index contributed by atoms with van der Waals surface area (Å²) in [5.74, 6) is 5.56. The summed E-state index contributed by atoms with van der Waals surface area (Å²) in [4.78, 5) is 22.4. The van der Waals surface area contributed by atoms with Gasteiger partial charge in [-0.15, -0.1) is 0 Å². The van der Waals surface area contributed by atoms with Crippen LogP contribution >= 0.6 is 0 Å². The van der Waals surface area contributed by atoms with Gasteiger partial charge in [0, 0.05) is 25.0 Å². The van der Waals surface area contributed by atoms with Crippen molar-refractivity contribution < 1.29 is 9.59 Å². The van der Waals surface area contributed by atoms with Gasteiger partial charge < -0.3 is 10.6 Å². The maximum atomic E-state index is 11.5. The van der Waals surface area contributed by atoms with Crippen molar-refractivity contribution in [1.29, 1.82) is 0 Å². The highest BCUT2D eigenvalue weighted by atomic mass is 16.2. The van der Waals surface area contributed by atoms with Crippen LogP contribution in [-0.4, -0.2) is 42.0 Å². The van der Waals surface area contributed by atoms with E-state index in [0.29, 0.717) is 19.5 Å². The van der Waals surface area contributed by atoms with Gasteiger partial charge in [0.1, 0.15) is 0 Å². The Bertz CT molecular complexity index is 261. The standard InChI is InChI=1S/C11H24N4O2/c1-5-9(16)13-6-7-14-10(17)8-15(12)11(2,3)4/h5-8,12H2,1-4H3,(H,13,16)(H,14,17). The SMILES string of the molecule is CCC(=O)NCCNC(=O)CN(N)C(C)(C)C. The summed E-state index contributed by atoms with van der Waals surface area (Å²) in [6.07, 6.45) is 0.453. The van der Waals surface area contributed by atoms with Crippen molar-refractivity contribution in [3.8, 4) is 0 Å². The Morgan fingerprint density at radius 2 is 1.59 bits per heavy atom. The zero-order valence-electron chi connectivity index (χ0n) is 11.2. The smallest absolute Gasteiger partial charge is 0.235 e. The zero-order valence-corrected chi connectivity index (χ0v) is 11.2. The zero-order chi connectivity index (χ0) is 13.5. The van der Waals surface area contributed by atoms with Gasteiger partial charge in [-0.05, 0) is 20.8 Å². The first-order valence-corrected chi connectivity index (χ1v) is 5.83. The lowest BCUT2D eigenvalue weighted by molar-refractivity contribution is -0.124. The van der Waals surface area contributed by atoms with Gasteiger partial charge in [-0.1, -0.05) is 6.92 Å². The molecule has 0 spiro atoms. The van der Waals surface area contributed by atoms with E-state index >= 15 is 0 Å². The molecule has 0 bridgehead atoms. The van der Waals surface area contributed by atoms with Crippen LogP contribution in [0.3, 0.4) is 0 Å². The normalized spacial score (nSPS) is 11.4. The van der Waals surface area contributed by atoms with Crippen LogP contribution in [0.2, 0.25) is 0 Å². The van der Waals surface area contributed by atoms with Gasteiger partial charge in [-0.25, -0.2) is 5.01 Å². The third-order valence-corrected chi connectivity index (χ3v) is 2.27. The highest BCUT2D eigenvalue weighted by Gasteiger charge is 2.19. The minimum absolute atomic E-state index is 0.0191. The van der Waals surface area contributed by atoms with E-state index in [1.807, 2.05) is 20.8 Å². The second-order valence-electron chi connectivity index (χ2n) is 4.85. The van der Waals surface area contributed by atoms with Crippen LogP contribution in [0.15, 0.2) is 0 Å². The molecule has 17 heavy (non-hydrogen) atoms. The van der Waals surface area contributed by atoms with Gasteiger partial charge in [0.2, 0.25) is 11.8 Å². The molecule has 0 rings (SSSR count). The maximum Gasteiger partial charge on any atom is 0.235 e. The maximum absolute atomic E-state index is 11.5. The van der Waals surface area contributed by atoms with Gasteiger partial charge in [0.15, 0.2) is 0 Å². The van der Waals surface area contributed by atoms with E-state index in [9.17, 15) is 9.59 Å². The minimum atomic E-state index is -0.242. The molecular formula is C11H24N4O2. The molecule has 0 unspecified atom stereocenters. The Hall–Kier alpha value is -1.14. The molecule has 2 amide bonds. The largest absolute Gasteiger partial charge is 0.354 e. The molecule has 0 aliphatic heterocycles. The lowest BCUT2D eigenvalue weighted by Crippen LogP contribution is -2.51. The number of rotatable bonds is 6. The molecule has 0 heterocycles. The predicted octanol–water partition coefficient (Wildman–Crippen LogP) is -0.397. The van der Waals surface area contributed by atoms with Crippen LogP contribution in [0.4, 0.5) is 0 Å². The summed E-state index contributed by atoms with van der Waals surface area (Å²) in [5, 5.41) is 6.84. The van der Waals surface area contributed by atoms with E-state index in [0.717, 1.165) is 0 Å². The molecule has 0 aromatic carbocycles. The molecule has 6 nitrogen and oxygen atoms in total. The minimum Gasteiger partial charge on any atom is -0.354 e. The summed E-state index contributed by atoms with van der Waals surface area (Å²) in [7, 11) is 0. The van der Waals surface area contributed by atoms with E-state index in [2.05, 4.69) is 10.6 Å². The number of carbonyl (C=O) groups excluding carboxylic acids is 2.